The predicted octanol–water partition coefficient (Wildman–Crippen LogP) is 2.74. The Hall–Kier alpha value is -1.95. The molecule has 6 heteroatoms. The summed E-state index contributed by atoms with van der Waals surface area (Å²) in [5.74, 6) is 0.922. The van der Waals surface area contributed by atoms with Gasteiger partial charge in [-0.2, -0.15) is 0 Å². The van der Waals surface area contributed by atoms with E-state index in [-0.39, 0.29) is 11.8 Å². The summed E-state index contributed by atoms with van der Waals surface area (Å²) in [6.07, 6.45) is 3.73. The molecule has 20 heavy (non-hydrogen) atoms. The van der Waals surface area contributed by atoms with Gasteiger partial charge in [0.15, 0.2) is 5.82 Å². The first-order valence-corrected chi connectivity index (χ1v) is 7.03. The number of halogens is 1. The molecule has 102 valence electrons. The van der Waals surface area contributed by atoms with Crippen LogP contribution in [0.3, 0.4) is 0 Å². The number of ether oxygens (including phenoxy) is 1. The molecule has 0 saturated carbocycles. The van der Waals surface area contributed by atoms with Crippen molar-refractivity contribution in [3.63, 3.8) is 0 Å². The first kappa shape index (κ1) is 13.1. The lowest BCUT2D eigenvalue weighted by Gasteiger charge is -2.24. The Morgan fingerprint density at radius 3 is 2.95 bits per heavy atom. The molecule has 1 aromatic heterocycles. The van der Waals surface area contributed by atoms with Crippen LogP contribution in [0.2, 0.25) is 0 Å². The van der Waals surface area contributed by atoms with E-state index in [1.54, 1.807) is 6.20 Å². The number of amides is 1. The number of para-hydroxylation sites is 1. The van der Waals surface area contributed by atoms with Gasteiger partial charge in [0.05, 0.1) is 24.9 Å². The fourth-order valence-corrected chi connectivity index (χ4v) is 2.41. The van der Waals surface area contributed by atoms with Crippen LogP contribution in [0.5, 0.6) is 5.75 Å². The molecular formula is C14H12BrN3O2. The van der Waals surface area contributed by atoms with E-state index in [9.17, 15) is 4.79 Å². The summed E-state index contributed by atoms with van der Waals surface area (Å²) in [6, 6.07) is 7.62. The van der Waals surface area contributed by atoms with Crippen LogP contribution in [0.4, 0.5) is 5.82 Å². The van der Waals surface area contributed by atoms with Gasteiger partial charge in [-0.25, -0.2) is 9.97 Å². The fourth-order valence-electron chi connectivity index (χ4n) is 2.20. The zero-order valence-corrected chi connectivity index (χ0v) is 12.1. The molecule has 0 radical (unpaired) electrons. The minimum Gasteiger partial charge on any atom is -0.493 e. The number of carbonyl (C=O) groups excluding carboxylic acids is 1. The molecule has 0 saturated heterocycles. The number of fused-ring (bicyclic) bond motifs is 1. The van der Waals surface area contributed by atoms with Gasteiger partial charge in [-0.3, -0.25) is 4.79 Å². The van der Waals surface area contributed by atoms with Crippen LogP contribution in [-0.4, -0.2) is 22.5 Å². The number of anilines is 1. The van der Waals surface area contributed by atoms with Crippen LogP contribution in [0.15, 0.2) is 41.3 Å². The maximum absolute atomic E-state index is 12.4. The van der Waals surface area contributed by atoms with Gasteiger partial charge < -0.3 is 10.1 Å². The molecule has 2 aromatic rings. The van der Waals surface area contributed by atoms with Gasteiger partial charge in [0, 0.05) is 5.56 Å². The molecule has 5 nitrogen and oxygen atoms in total. The third-order valence-corrected chi connectivity index (χ3v) is 3.56. The molecule has 1 unspecified atom stereocenters. The van der Waals surface area contributed by atoms with E-state index in [1.165, 1.54) is 6.20 Å². The van der Waals surface area contributed by atoms with Gasteiger partial charge in [-0.15, -0.1) is 0 Å². The van der Waals surface area contributed by atoms with Crippen LogP contribution in [0.25, 0.3) is 0 Å². The summed E-state index contributed by atoms with van der Waals surface area (Å²) >= 11 is 3.21. The average molecular weight is 334 g/mol. The monoisotopic (exact) mass is 333 g/mol. The molecule has 3 rings (SSSR count). The third-order valence-electron chi connectivity index (χ3n) is 3.15. The number of nitrogens with zero attached hydrogens (tertiary/aromatic N) is 2. The Morgan fingerprint density at radius 1 is 1.30 bits per heavy atom. The number of benzene rings is 1. The highest BCUT2D eigenvalue weighted by atomic mass is 79.9. The topological polar surface area (TPSA) is 64.1 Å². The Morgan fingerprint density at radius 2 is 2.15 bits per heavy atom. The van der Waals surface area contributed by atoms with E-state index in [0.29, 0.717) is 23.4 Å². The summed E-state index contributed by atoms with van der Waals surface area (Å²) in [5.41, 5.74) is 0.918. The van der Waals surface area contributed by atoms with Gasteiger partial charge in [-0.1, -0.05) is 18.2 Å². The average Bonchev–Trinajstić information content (AvgIpc) is 2.49. The number of carbonyl (C=O) groups is 1. The summed E-state index contributed by atoms with van der Waals surface area (Å²) in [5, 5.41) is 2.79. The first-order chi connectivity index (χ1) is 9.74. The zero-order valence-electron chi connectivity index (χ0n) is 10.5. The maximum atomic E-state index is 12.4. The summed E-state index contributed by atoms with van der Waals surface area (Å²) in [4.78, 5) is 20.5. The Kier molecular flexibility index (Phi) is 3.64. The van der Waals surface area contributed by atoms with Crippen molar-refractivity contribution in [1.82, 2.24) is 9.97 Å². The molecule has 1 amide bonds. The Bertz CT molecular complexity index is 631. The zero-order chi connectivity index (χ0) is 13.9. The molecule has 0 fully saturated rings. The van der Waals surface area contributed by atoms with Crippen molar-refractivity contribution in [3.8, 4) is 5.75 Å². The molecule has 0 spiro atoms. The van der Waals surface area contributed by atoms with Gasteiger partial charge in [-0.05, 0) is 28.4 Å². The van der Waals surface area contributed by atoms with E-state index in [1.807, 2.05) is 24.3 Å². The van der Waals surface area contributed by atoms with E-state index >= 15 is 0 Å². The number of rotatable bonds is 2. The van der Waals surface area contributed by atoms with Gasteiger partial charge in [0.2, 0.25) is 5.91 Å². The van der Waals surface area contributed by atoms with Crippen LogP contribution < -0.4 is 10.1 Å². The largest absolute Gasteiger partial charge is 0.493 e. The smallest absolute Gasteiger partial charge is 0.233 e. The Balaban J connectivity index is 1.80. The number of aromatic nitrogens is 2. The van der Waals surface area contributed by atoms with E-state index in [4.69, 9.17) is 4.74 Å². The van der Waals surface area contributed by atoms with E-state index < -0.39 is 0 Å². The van der Waals surface area contributed by atoms with Crippen LogP contribution in [-0.2, 0) is 4.79 Å². The molecule has 1 aromatic carbocycles. The molecular weight excluding hydrogens is 322 g/mol. The highest BCUT2D eigenvalue weighted by Gasteiger charge is 2.27. The second kappa shape index (κ2) is 5.58. The van der Waals surface area contributed by atoms with E-state index in [0.717, 1.165) is 11.3 Å². The highest BCUT2D eigenvalue weighted by molar-refractivity contribution is 9.10. The SMILES string of the molecule is O=C(Nc1cnc(Br)cn1)C1CCOc2ccccc21. The van der Waals surface area contributed by atoms with Crippen molar-refractivity contribution in [2.75, 3.05) is 11.9 Å². The van der Waals surface area contributed by atoms with Crippen LogP contribution in [0, 0.1) is 0 Å². The summed E-state index contributed by atoms with van der Waals surface area (Å²) < 4.78 is 6.19. The van der Waals surface area contributed by atoms with Crippen molar-refractivity contribution in [1.29, 1.82) is 0 Å². The lowest BCUT2D eigenvalue weighted by Crippen LogP contribution is -2.26. The normalized spacial score (nSPS) is 16.9. The lowest BCUT2D eigenvalue weighted by molar-refractivity contribution is -0.118. The van der Waals surface area contributed by atoms with Gasteiger partial charge in [0.25, 0.3) is 0 Å². The van der Waals surface area contributed by atoms with Crippen molar-refractivity contribution in [2.24, 2.45) is 0 Å². The highest BCUT2D eigenvalue weighted by Crippen LogP contribution is 2.33. The Labute approximate surface area is 124 Å². The number of hydrogen-bond donors (Lipinski definition) is 1. The van der Waals surface area contributed by atoms with Gasteiger partial charge in [0.1, 0.15) is 10.4 Å². The second-order valence-electron chi connectivity index (χ2n) is 4.44. The van der Waals surface area contributed by atoms with Crippen LogP contribution >= 0.6 is 15.9 Å². The standard InChI is InChI=1S/C14H12BrN3O2/c15-12-7-17-13(8-16-12)18-14(19)10-5-6-20-11-4-2-1-3-9(10)11/h1-4,7-8,10H,5-6H2,(H,17,18,19). The lowest BCUT2D eigenvalue weighted by atomic mass is 9.92. The molecule has 1 aliphatic rings. The molecule has 1 aliphatic heterocycles. The van der Waals surface area contributed by atoms with Gasteiger partial charge >= 0.3 is 0 Å². The second-order valence-corrected chi connectivity index (χ2v) is 5.25. The molecule has 0 aliphatic carbocycles. The molecule has 0 bridgehead atoms. The quantitative estimate of drug-likeness (QED) is 0.917. The van der Waals surface area contributed by atoms with E-state index in [2.05, 4.69) is 31.2 Å². The van der Waals surface area contributed by atoms with Crippen molar-refractivity contribution < 1.29 is 9.53 Å². The molecule has 2 heterocycles. The van der Waals surface area contributed by atoms with Crippen molar-refractivity contribution in [2.45, 2.75) is 12.3 Å². The fraction of sp³-hybridized carbons (Fsp3) is 0.214. The summed E-state index contributed by atoms with van der Waals surface area (Å²) in [7, 11) is 0. The third kappa shape index (κ3) is 2.65. The van der Waals surface area contributed by atoms with Crippen molar-refractivity contribution >= 4 is 27.7 Å². The van der Waals surface area contributed by atoms with Crippen molar-refractivity contribution in [3.05, 3.63) is 46.8 Å². The first-order valence-electron chi connectivity index (χ1n) is 6.24. The molecule has 1 N–H and O–H groups in total. The minimum absolute atomic E-state index is 0.0858. The minimum atomic E-state index is -0.217. The van der Waals surface area contributed by atoms with Crippen LogP contribution in [0.1, 0.15) is 17.9 Å². The predicted molar refractivity (Wildman–Crippen MR) is 77.7 cm³/mol. The number of hydrogen-bond acceptors (Lipinski definition) is 4. The summed E-state index contributed by atoms with van der Waals surface area (Å²) in [6.45, 7) is 0.543. The number of nitrogens with one attached hydrogen (secondary N) is 1. The maximum Gasteiger partial charge on any atom is 0.233 e. The molecule has 1 atom stereocenters.